The quantitative estimate of drug-likeness (QED) is 0.311. The predicted octanol–water partition coefficient (Wildman–Crippen LogP) is 4.96. The van der Waals surface area contributed by atoms with Gasteiger partial charge >= 0.3 is 0 Å². The Kier molecular flexibility index (Phi) is 8.29. The Balaban J connectivity index is 0.000000424. The number of rotatable bonds is 9. The van der Waals surface area contributed by atoms with Crippen LogP contribution < -0.4 is 5.73 Å². The SMILES string of the molecule is C1CC2CC1O2.COC(OCC(C)c1nc2c(N)ncn(C(OC)c3ccccc3)c-2n1)c1ccccc1. The zero-order chi connectivity index (χ0) is 26.5. The second-order valence-electron chi connectivity index (χ2n) is 9.70. The molecule has 3 fully saturated rings. The van der Waals surface area contributed by atoms with Crippen LogP contribution in [-0.2, 0) is 18.9 Å². The number of ether oxygens (including phenoxy) is 4. The van der Waals surface area contributed by atoms with Crippen LogP contribution in [0.15, 0.2) is 67.0 Å². The molecule has 5 unspecified atom stereocenters. The summed E-state index contributed by atoms with van der Waals surface area (Å²) in [7, 11) is 3.27. The lowest BCUT2D eigenvalue weighted by Crippen LogP contribution is -2.25. The minimum absolute atomic E-state index is 0.0886. The summed E-state index contributed by atoms with van der Waals surface area (Å²) in [4.78, 5) is 13.7. The Morgan fingerprint density at radius 2 is 1.58 bits per heavy atom. The minimum atomic E-state index is -0.462. The highest BCUT2D eigenvalue weighted by Gasteiger charge is 2.36. The van der Waals surface area contributed by atoms with Crippen LogP contribution >= 0.6 is 0 Å². The molecule has 4 heterocycles. The van der Waals surface area contributed by atoms with E-state index in [2.05, 4.69) is 9.97 Å². The van der Waals surface area contributed by atoms with Crippen molar-refractivity contribution in [3.8, 4) is 11.5 Å². The number of anilines is 1. The van der Waals surface area contributed by atoms with Gasteiger partial charge in [0, 0.05) is 31.3 Å². The molecule has 5 aliphatic rings. The van der Waals surface area contributed by atoms with Gasteiger partial charge in [0.25, 0.3) is 0 Å². The zero-order valence-corrected chi connectivity index (χ0v) is 22.1. The van der Waals surface area contributed by atoms with Crippen molar-refractivity contribution in [2.75, 3.05) is 26.6 Å². The highest BCUT2D eigenvalue weighted by atomic mass is 16.7. The molecule has 9 heteroatoms. The first kappa shape index (κ1) is 26.2. The molecule has 9 nitrogen and oxygen atoms in total. The average Bonchev–Trinajstić information content (AvgIpc) is 3.70. The molecule has 5 atom stereocenters. The molecular weight excluding hydrogens is 482 g/mol. The third-order valence-electron chi connectivity index (χ3n) is 6.97. The van der Waals surface area contributed by atoms with Crippen LogP contribution in [0.3, 0.4) is 0 Å². The van der Waals surface area contributed by atoms with Crippen LogP contribution in [0.2, 0.25) is 0 Å². The van der Waals surface area contributed by atoms with Crippen molar-refractivity contribution in [3.05, 3.63) is 83.9 Å². The van der Waals surface area contributed by atoms with Gasteiger partial charge in [-0.05, 0) is 19.3 Å². The predicted molar refractivity (Wildman–Crippen MR) is 144 cm³/mol. The normalized spacial score (nSPS) is 20.3. The number of nitrogen functional groups attached to an aromatic ring is 1. The largest absolute Gasteiger partial charge is 0.382 e. The van der Waals surface area contributed by atoms with Gasteiger partial charge in [-0.15, -0.1) is 0 Å². The summed E-state index contributed by atoms with van der Waals surface area (Å²) in [5, 5.41) is 0. The van der Waals surface area contributed by atoms with Crippen LogP contribution in [0.5, 0.6) is 0 Å². The lowest BCUT2D eigenvalue weighted by molar-refractivity contribution is -0.131. The number of hydrogen-bond donors (Lipinski definition) is 1. The molecule has 2 N–H and O–H groups in total. The summed E-state index contributed by atoms with van der Waals surface area (Å²) < 4.78 is 24.4. The van der Waals surface area contributed by atoms with Gasteiger partial charge in [0.15, 0.2) is 29.9 Å². The Morgan fingerprint density at radius 1 is 0.947 bits per heavy atom. The van der Waals surface area contributed by atoms with Crippen LogP contribution in [0.25, 0.3) is 11.5 Å². The molecule has 0 amide bonds. The molecule has 4 aliphatic heterocycles. The monoisotopic (exact) mass is 517 g/mol. The van der Waals surface area contributed by atoms with Gasteiger partial charge in [-0.1, -0.05) is 67.6 Å². The number of fused-ring (bicyclic) bond motifs is 2. The maximum Gasteiger partial charge on any atom is 0.183 e. The maximum atomic E-state index is 6.12. The number of methoxy groups -OCH3 is 2. The summed E-state index contributed by atoms with van der Waals surface area (Å²) >= 11 is 0. The lowest BCUT2D eigenvalue weighted by Gasteiger charge is -2.23. The average molecular weight is 518 g/mol. The number of hydrogen-bond acceptors (Lipinski definition) is 8. The van der Waals surface area contributed by atoms with Crippen molar-refractivity contribution in [3.63, 3.8) is 0 Å². The topological polar surface area (TPSA) is 107 Å². The molecule has 38 heavy (non-hydrogen) atoms. The van der Waals surface area contributed by atoms with E-state index in [1.54, 1.807) is 20.5 Å². The molecule has 1 saturated carbocycles. The number of imidazole rings is 1. The molecular formula is C29H35N5O4. The summed E-state index contributed by atoms with van der Waals surface area (Å²) in [6.45, 7) is 2.38. The standard InChI is InChI=1S/C24H27N5O3.C5H8O/c1-16(14-32-24(31-3)18-12-8-5-9-13-18)21-27-19-20(25)26-15-29(22(19)28-21)23(30-2)17-10-6-4-7-11-17;1-2-5-3-4(1)6-5/h4-13,15-16,23-24H,14,25H2,1-3H3;4-5H,1-3H2. The van der Waals surface area contributed by atoms with Crippen molar-refractivity contribution in [2.24, 2.45) is 0 Å². The highest BCUT2D eigenvalue weighted by molar-refractivity contribution is 5.65. The molecule has 2 aromatic carbocycles. The van der Waals surface area contributed by atoms with E-state index in [0.717, 1.165) is 11.1 Å². The number of nitrogens with two attached hydrogens (primary N) is 1. The fourth-order valence-electron chi connectivity index (χ4n) is 4.88. The fourth-order valence-corrected chi connectivity index (χ4v) is 4.88. The van der Waals surface area contributed by atoms with Crippen LogP contribution in [0, 0.1) is 0 Å². The Labute approximate surface area is 223 Å². The number of aromatic nitrogens is 4. The molecule has 1 aliphatic carbocycles. The van der Waals surface area contributed by atoms with Crippen molar-refractivity contribution in [1.29, 1.82) is 0 Å². The fraction of sp³-hybridized carbons (Fsp3) is 0.414. The van der Waals surface area contributed by atoms with Crippen molar-refractivity contribution in [2.45, 2.75) is 56.8 Å². The molecule has 0 aromatic heterocycles. The van der Waals surface area contributed by atoms with E-state index >= 15 is 0 Å². The van der Waals surface area contributed by atoms with Gasteiger partial charge < -0.3 is 24.7 Å². The van der Waals surface area contributed by atoms with E-state index in [0.29, 0.717) is 42.0 Å². The van der Waals surface area contributed by atoms with E-state index in [9.17, 15) is 0 Å². The van der Waals surface area contributed by atoms with Gasteiger partial charge in [0.2, 0.25) is 0 Å². The maximum absolute atomic E-state index is 6.12. The summed E-state index contributed by atoms with van der Waals surface area (Å²) in [5.74, 6) is 1.47. The number of benzene rings is 2. The molecule has 0 radical (unpaired) electrons. The van der Waals surface area contributed by atoms with Crippen LogP contribution in [0.4, 0.5) is 5.82 Å². The van der Waals surface area contributed by atoms with E-state index in [4.69, 9.17) is 29.7 Å². The first-order valence-electron chi connectivity index (χ1n) is 13.0. The summed E-state index contributed by atoms with van der Waals surface area (Å²) in [6, 6.07) is 19.7. The van der Waals surface area contributed by atoms with E-state index < -0.39 is 12.5 Å². The summed E-state index contributed by atoms with van der Waals surface area (Å²) in [6.07, 6.45) is 6.18. The van der Waals surface area contributed by atoms with Crippen molar-refractivity contribution in [1.82, 2.24) is 19.5 Å². The Hall–Kier alpha value is -3.37. The smallest absolute Gasteiger partial charge is 0.183 e. The molecule has 2 saturated heterocycles. The van der Waals surface area contributed by atoms with Crippen molar-refractivity contribution < 1.29 is 18.9 Å². The molecule has 0 spiro atoms. The second kappa shape index (κ2) is 12.0. The van der Waals surface area contributed by atoms with E-state index in [1.165, 1.54) is 19.3 Å². The molecule has 7 rings (SSSR count). The van der Waals surface area contributed by atoms with Crippen molar-refractivity contribution >= 4 is 5.82 Å². The van der Waals surface area contributed by atoms with E-state index in [-0.39, 0.29) is 5.92 Å². The highest BCUT2D eigenvalue weighted by Crippen LogP contribution is 2.36. The first-order chi connectivity index (χ1) is 18.6. The van der Waals surface area contributed by atoms with Crippen LogP contribution in [-0.4, -0.2) is 52.6 Å². The third-order valence-corrected chi connectivity index (χ3v) is 6.97. The molecule has 200 valence electrons. The van der Waals surface area contributed by atoms with Crippen LogP contribution in [0.1, 0.15) is 61.6 Å². The number of nitrogens with zero attached hydrogens (tertiary/aromatic N) is 4. The Morgan fingerprint density at radius 3 is 2.13 bits per heavy atom. The van der Waals surface area contributed by atoms with Gasteiger partial charge in [-0.25, -0.2) is 15.0 Å². The van der Waals surface area contributed by atoms with Gasteiger partial charge in [0.1, 0.15) is 12.2 Å². The third kappa shape index (κ3) is 5.71. The van der Waals surface area contributed by atoms with Gasteiger partial charge in [-0.2, -0.15) is 0 Å². The lowest BCUT2D eigenvalue weighted by atomic mass is 10.2. The second-order valence-corrected chi connectivity index (χ2v) is 9.70. The first-order valence-corrected chi connectivity index (χ1v) is 13.0. The van der Waals surface area contributed by atoms with Gasteiger partial charge in [-0.3, -0.25) is 4.57 Å². The molecule has 2 aromatic rings. The van der Waals surface area contributed by atoms with Gasteiger partial charge in [0.05, 0.1) is 18.8 Å². The molecule has 2 bridgehead atoms. The minimum Gasteiger partial charge on any atom is -0.382 e. The zero-order valence-electron chi connectivity index (χ0n) is 22.1. The summed E-state index contributed by atoms with van der Waals surface area (Å²) in [5.41, 5.74) is 8.58. The Bertz CT molecular complexity index is 1250. The van der Waals surface area contributed by atoms with E-state index in [1.807, 2.05) is 72.2 Å².